The molecule has 0 bridgehead atoms. The van der Waals surface area contributed by atoms with Crippen LogP contribution in [-0.2, 0) is 19.0 Å². The third kappa shape index (κ3) is 7.99. The maximum Gasteiger partial charge on any atom is 0.408 e. The second kappa shape index (κ2) is 8.09. The van der Waals surface area contributed by atoms with Crippen molar-refractivity contribution in [1.29, 1.82) is 0 Å². The molecule has 0 heterocycles. The number of ether oxygens (including phenoxy) is 3. The predicted octanol–water partition coefficient (Wildman–Crippen LogP) is 2.11. The Hall–Kier alpha value is -1.30. The molecular weight excluding hydrogens is 262 g/mol. The lowest BCUT2D eigenvalue weighted by atomic mass is 10.1. The van der Waals surface area contributed by atoms with E-state index >= 15 is 0 Å². The highest BCUT2D eigenvalue weighted by Crippen LogP contribution is 2.10. The van der Waals surface area contributed by atoms with Crippen LogP contribution < -0.4 is 5.32 Å². The van der Waals surface area contributed by atoms with E-state index in [1.54, 1.807) is 27.7 Å². The fourth-order valence-corrected chi connectivity index (χ4v) is 1.47. The van der Waals surface area contributed by atoms with Gasteiger partial charge in [-0.3, -0.25) is 0 Å². The average molecular weight is 289 g/mol. The van der Waals surface area contributed by atoms with E-state index in [9.17, 15) is 9.59 Å². The van der Waals surface area contributed by atoms with Crippen LogP contribution in [0.2, 0.25) is 0 Å². The van der Waals surface area contributed by atoms with E-state index in [2.05, 4.69) is 5.32 Å². The van der Waals surface area contributed by atoms with Gasteiger partial charge in [0, 0.05) is 7.11 Å². The van der Waals surface area contributed by atoms with Gasteiger partial charge >= 0.3 is 12.1 Å². The lowest BCUT2D eigenvalue weighted by molar-refractivity contribution is -0.154. The fraction of sp³-hybridized carbons (Fsp3) is 0.857. The number of esters is 1. The largest absolute Gasteiger partial charge is 0.459 e. The Morgan fingerprint density at radius 1 is 1.15 bits per heavy atom. The second-order valence-electron chi connectivity index (χ2n) is 6.07. The van der Waals surface area contributed by atoms with Gasteiger partial charge in [-0.2, -0.15) is 0 Å². The first-order chi connectivity index (χ1) is 9.06. The molecule has 0 aromatic heterocycles. The molecule has 0 aromatic rings. The van der Waals surface area contributed by atoms with Gasteiger partial charge < -0.3 is 19.5 Å². The van der Waals surface area contributed by atoms with Crippen molar-refractivity contribution in [1.82, 2.24) is 5.32 Å². The number of nitrogens with one attached hydrogen (secondary N) is 1. The number of carbonyl (C=O) groups excluding carboxylic acids is 2. The highest BCUT2D eigenvalue weighted by Gasteiger charge is 2.29. The average Bonchev–Trinajstić information content (AvgIpc) is 2.22. The van der Waals surface area contributed by atoms with Crippen LogP contribution >= 0.6 is 0 Å². The van der Waals surface area contributed by atoms with Crippen molar-refractivity contribution in [3.63, 3.8) is 0 Å². The maximum atomic E-state index is 12.0. The molecule has 20 heavy (non-hydrogen) atoms. The molecule has 0 saturated heterocycles. The molecule has 2 atom stereocenters. The molecule has 1 unspecified atom stereocenters. The summed E-state index contributed by atoms with van der Waals surface area (Å²) in [5, 5.41) is 2.54. The van der Waals surface area contributed by atoms with Crippen molar-refractivity contribution in [2.75, 3.05) is 13.7 Å². The molecule has 0 aliphatic carbocycles. The van der Waals surface area contributed by atoms with Crippen LogP contribution in [0.4, 0.5) is 4.79 Å². The Morgan fingerprint density at radius 2 is 1.70 bits per heavy atom. The molecule has 6 nitrogen and oxygen atoms in total. The zero-order chi connectivity index (χ0) is 15.9. The maximum absolute atomic E-state index is 12.0. The summed E-state index contributed by atoms with van der Waals surface area (Å²) in [7, 11) is 1.53. The quantitative estimate of drug-likeness (QED) is 0.758. The van der Waals surface area contributed by atoms with Crippen molar-refractivity contribution < 1.29 is 23.8 Å². The summed E-state index contributed by atoms with van der Waals surface area (Å²) in [6.07, 6.45) is -0.998. The van der Waals surface area contributed by atoms with Crippen molar-refractivity contribution in [3.8, 4) is 0 Å². The molecule has 6 heteroatoms. The number of hydrogen-bond donors (Lipinski definition) is 1. The Balaban J connectivity index is 4.57. The normalized spacial score (nSPS) is 14.6. The number of alkyl carbamates (subject to hydrolysis) is 1. The van der Waals surface area contributed by atoms with Gasteiger partial charge in [0.1, 0.15) is 17.7 Å². The Bertz CT molecular complexity index is 322. The van der Waals surface area contributed by atoms with E-state index in [0.717, 1.165) is 0 Å². The molecule has 0 aliphatic rings. The predicted molar refractivity (Wildman–Crippen MR) is 75.4 cm³/mol. The molecule has 0 aromatic carbocycles. The van der Waals surface area contributed by atoms with Gasteiger partial charge in [0.25, 0.3) is 0 Å². The van der Waals surface area contributed by atoms with E-state index in [1.165, 1.54) is 7.11 Å². The summed E-state index contributed by atoms with van der Waals surface area (Å²) in [4.78, 5) is 23.7. The van der Waals surface area contributed by atoms with Crippen LogP contribution in [0, 0.1) is 5.92 Å². The van der Waals surface area contributed by atoms with Crippen LogP contribution in [-0.4, -0.2) is 43.5 Å². The Labute approximate surface area is 121 Å². The number of hydrogen-bond acceptors (Lipinski definition) is 5. The minimum Gasteiger partial charge on any atom is -0.459 e. The molecule has 0 aliphatic heterocycles. The number of rotatable bonds is 6. The van der Waals surface area contributed by atoms with Crippen LogP contribution in [0.1, 0.15) is 41.5 Å². The van der Waals surface area contributed by atoms with E-state index in [4.69, 9.17) is 14.2 Å². The third-order valence-electron chi connectivity index (χ3n) is 2.31. The second-order valence-corrected chi connectivity index (χ2v) is 6.07. The lowest BCUT2D eigenvalue weighted by Crippen LogP contribution is -2.48. The van der Waals surface area contributed by atoms with Gasteiger partial charge in [0.05, 0.1) is 6.61 Å². The first-order valence-corrected chi connectivity index (χ1v) is 6.75. The topological polar surface area (TPSA) is 73.9 Å². The highest BCUT2D eigenvalue weighted by molar-refractivity contribution is 5.81. The third-order valence-corrected chi connectivity index (χ3v) is 2.31. The summed E-state index contributed by atoms with van der Waals surface area (Å²) in [5.74, 6) is -0.597. The standard InChI is InChI=1S/C14H27NO5/c1-9(2)11(12(16)19-10(3)8-18-7)15-13(17)20-14(4,5)6/h9-11H,8H2,1-7H3,(H,15,17)/t10?,11-/m0/s1. The first-order valence-electron chi connectivity index (χ1n) is 6.75. The molecule has 1 amide bonds. The summed E-state index contributed by atoms with van der Waals surface area (Å²) < 4.78 is 15.3. The molecule has 118 valence electrons. The zero-order valence-electron chi connectivity index (χ0n) is 13.5. The number of amides is 1. The first kappa shape index (κ1) is 18.7. The van der Waals surface area contributed by atoms with Crippen LogP contribution in [0.3, 0.4) is 0 Å². The summed E-state index contributed by atoms with van der Waals surface area (Å²) >= 11 is 0. The van der Waals surface area contributed by atoms with Gasteiger partial charge in [-0.25, -0.2) is 9.59 Å². The van der Waals surface area contributed by atoms with Gasteiger partial charge in [0.2, 0.25) is 0 Å². The highest BCUT2D eigenvalue weighted by atomic mass is 16.6. The van der Waals surface area contributed by atoms with Gasteiger partial charge in [0.15, 0.2) is 0 Å². The minimum atomic E-state index is -0.746. The summed E-state index contributed by atoms with van der Waals surface area (Å²) in [6, 6.07) is -0.746. The van der Waals surface area contributed by atoms with E-state index in [1.807, 2.05) is 13.8 Å². The van der Waals surface area contributed by atoms with E-state index < -0.39 is 23.7 Å². The Kier molecular flexibility index (Phi) is 7.57. The summed E-state index contributed by atoms with van der Waals surface area (Å²) in [5.41, 5.74) is -0.612. The molecule has 0 spiro atoms. The monoisotopic (exact) mass is 289 g/mol. The van der Waals surface area contributed by atoms with Crippen molar-refractivity contribution >= 4 is 12.1 Å². The minimum absolute atomic E-state index is 0.107. The van der Waals surface area contributed by atoms with Crippen molar-refractivity contribution in [2.45, 2.75) is 59.3 Å². The molecule has 0 fully saturated rings. The van der Waals surface area contributed by atoms with E-state index in [0.29, 0.717) is 6.61 Å². The van der Waals surface area contributed by atoms with E-state index in [-0.39, 0.29) is 12.0 Å². The number of methoxy groups -OCH3 is 1. The molecule has 0 rings (SSSR count). The van der Waals surface area contributed by atoms with Gasteiger partial charge in [-0.05, 0) is 33.6 Å². The summed E-state index contributed by atoms with van der Waals surface area (Å²) in [6.45, 7) is 11.0. The Morgan fingerprint density at radius 3 is 2.10 bits per heavy atom. The molecule has 1 N–H and O–H groups in total. The van der Waals surface area contributed by atoms with Crippen LogP contribution in [0.15, 0.2) is 0 Å². The molecule has 0 radical (unpaired) electrons. The lowest BCUT2D eigenvalue weighted by Gasteiger charge is -2.25. The van der Waals surface area contributed by atoms with Crippen LogP contribution in [0.5, 0.6) is 0 Å². The SMILES string of the molecule is COCC(C)OC(=O)[C@@H](NC(=O)OC(C)(C)C)C(C)C. The molecule has 0 saturated carbocycles. The number of carbonyl (C=O) groups is 2. The molecular formula is C14H27NO5. The van der Waals surface area contributed by atoms with Crippen LogP contribution in [0.25, 0.3) is 0 Å². The smallest absolute Gasteiger partial charge is 0.408 e. The zero-order valence-corrected chi connectivity index (χ0v) is 13.5. The van der Waals surface area contributed by atoms with Crippen molar-refractivity contribution in [2.24, 2.45) is 5.92 Å². The fourth-order valence-electron chi connectivity index (χ4n) is 1.47. The van der Waals surface area contributed by atoms with Crippen molar-refractivity contribution in [3.05, 3.63) is 0 Å². The van der Waals surface area contributed by atoms with Gasteiger partial charge in [-0.15, -0.1) is 0 Å². The van der Waals surface area contributed by atoms with Gasteiger partial charge in [-0.1, -0.05) is 13.8 Å².